The van der Waals surface area contributed by atoms with Crippen LogP contribution in [0.1, 0.15) is 51.4 Å². The Morgan fingerprint density at radius 3 is 2.39 bits per heavy atom. The zero-order chi connectivity index (χ0) is 20.2. The lowest BCUT2D eigenvalue weighted by Crippen LogP contribution is -2.51. The van der Waals surface area contributed by atoms with Crippen LogP contribution in [0.15, 0.2) is 30.3 Å². The first-order valence-electron chi connectivity index (χ1n) is 9.94. The Morgan fingerprint density at radius 2 is 1.71 bits per heavy atom. The van der Waals surface area contributed by atoms with Crippen LogP contribution in [0.25, 0.3) is 0 Å². The average molecular weight is 390 g/mol. The maximum Gasteiger partial charge on any atom is 0.318 e. The second kappa shape index (κ2) is 12.0. The Morgan fingerprint density at radius 1 is 1.00 bits per heavy atom. The fraction of sp³-hybridized carbons (Fsp3) is 0.550. The van der Waals surface area contributed by atoms with Crippen LogP contribution in [0.4, 0.5) is 10.5 Å². The van der Waals surface area contributed by atoms with Crippen LogP contribution in [-0.4, -0.2) is 47.1 Å². The van der Waals surface area contributed by atoms with E-state index >= 15 is 0 Å². The monoisotopic (exact) mass is 390 g/mol. The van der Waals surface area contributed by atoms with Gasteiger partial charge in [-0.05, 0) is 44.2 Å². The molecule has 28 heavy (non-hydrogen) atoms. The standard InChI is InChI=1S/C20H30N4O4/c25-18(21-16-10-4-1-5-11-16)13-7-2-6-12-17(19(26)23-28)22-20(27)24-14-8-3-9-15-24/h1,4-5,10-11,17,28H,2-3,6-9,12-15H2,(H,21,25)(H,22,27)(H,23,26). The molecule has 8 heteroatoms. The maximum atomic E-state index is 12.3. The third kappa shape index (κ3) is 7.56. The number of unbranched alkanes of at least 4 members (excludes halogenated alkanes) is 2. The summed E-state index contributed by atoms with van der Waals surface area (Å²) in [5, 5.41) is 14.5. The van der Waals surface area contributed by atoms with E-state index in [0.717, 1.165) is 31.4 Å². The van der Waals surface area contributed by atoms with Crippen molar-refractivity contribution in [2.75, 3.05) is 18.4 Å². The van der Waals surface area contributed by atoms with Crippen LogP contribution in [0.2, 0.25) is 0 Å². The first-order chi connectivity index (χ1) is 13.6. The molecule has 0 saturated carbocycles. The molecule has 1 aliphatic rings. The Bertz CT molecular complexity index is 632. The number of carbonyl (C=O) groups is 3. The molecule has 0 spiro atoms. The van der Waals surface area contributed by atoms with Gasteiger partial charge in [-0.15, -0.1) is 0 Å². The molecule has 8 nitrogen and oxygen atoms in total. The molecule has 1 fully saturated rings. The number of carbonyl (C=O) groups excluding carboxylic acids is 3. The lowest BCUT2D eigenvalue weighted by atomic mass is 10.1. The number of nitrogens with zero attached hydrogens (tertiary/aromatic N) is 1. The van der Waals surface area contributed by atoms with Gasteiger partial charge in [0, 0.05) is 25.2 Å². The Hall–Kier alpha value is -2.61. The number of anilines is 1. The van der Waals surface area contributed by atoms with Crippen molar-refractivity contribution in [1.29, 1.82) is 0 Å². The van der Waals surface area contributed by atoms with Crippen molar-refractivity contribution in [2.24, 2.45) is 0 Å². The number of rotatable bonds is 9. The second-order valence-corrected chi connectivity index (χ2v) is 7.04. The molecule has 4 N–H and O–H groups in total. The second-order valence-electron chi connectivity index (χ2n) is 7.04. The van der Waals surface area contributed by atoms with Crippen molar-refractivity contribution in [3.05, 3.63) is 30.3 Å². The predicted molar refractivity (Wildman–Crippen MR) is 106 cm³/mol. The number of nitrogens with one attached hydrogen (secondary N) is 3. The fourth-order valence-electron chi connectivity index (χ4n) is 3.24. The summed E-state index contributed by atoms with van der Waals surface area (Å²) in [7, 11) is 0. The zero-order valence-electron chi connectivity index (χ0n) is 16.2. The van der Waals surface area contributed by atoms with Gasteiger partial charge >= 0.3 is 6.03 Å². The third-order valence-electron chi connectivity index (χ3n) is 4.82. The van der Waals surface area contributed by atoms with Crippen LogP contribution in [-0.2, 0) is 9.59 Å². The molecule has 1 unspecified atom stereocenters. The number of amides is 4. The number of hydroxylamine groups is 1. The molecule has 0 bridgehead atoms. The van der Waals surface area contributed by atoms with Crippen LogP contribution in [0.5, 0.6) is 0 Å². The third-order valence-corrected chi connectivity index (χ3v) is 4.82. The quantitative estimate of drug-likeness (QED) is 0.295. The number of likely N-dealkylation sites (tertiary alicyclic amines) is 1. The highest BCUT2D eigenvalue weighted by Crippen LogP contribution is 2.12. The Labute approximate surface area is 165 Å². The van der Waals surface area contributed by atoms with E-state index in [-0.39, 0.29) is 11.9 Å². The summed E-state index contributed by atoms with van der Waals surface area (Å²) in [5.74, 6) is -0.665. The van der Waals surface area contributed by atoms with Gasteiger partial charge in [0.25, 0.3) is 5.91 Å². The van der Waals surface area contributed by atoms with Gasteiger partial charge in [-0.1, -0.05) is 31.0 Å². The summed E-state index contributed by atoms with van der Waals surface area (Å²) < 4.78 is 0. The van der Waals surface area contributed by atoms with Crippen LogP contribution in [0, 0.1) is 0 Å². The van der Waals surface area contributed by atoms with E-state index < -0.39 is 11.9 Å². The molecule has 2 rings (SSSR count). The van der Waals surface area contributed by atoms with Gasteiger partial charge in [-0.2, -0.15) is 0 Å². The van der Waals surface area contributed by atoms with E-state index in [0.29, 0.717) is 38.8 Å². The summed E-state index contributed by atoms with van der Waals surface area (Å²) in [6, 6.07) is 8.23. The van der Waals surface area contributed by atoms with E-state index in [2.05, 4.69) is 10.6 Å². The van der Waals surface area contributed by atoms with Gasteiger partial charge < -0.3 is 15.5 Å². The fourth-order valence-corrected chi connectivity index (χ4v) is 3.24. The van der Waals surface area contributed by atoms with Gasteiger partial charge in [0.05, 0.1) is 0 Å². The Balaban J connectivity index is 1.67. The highest BCUT2D eigenvalue weighted by atomic mass is 16.5. The number of urea groups is 1. The molecule has 1 aromatic carbocycles. The minimum Gasteiger partial charge on any atom is -0.326 e. The molecule has 1 heterocycles. The molecule has 0 aromatic heterocycles. The van der Waals surface area contributed by atoms with E-state index in [1.807, 2.05) is 30.3 Å². The van der Waals surface area contributed by atoms with Crippen molar-refractivity contribution in [3.8, 4) is 0 Å². The smallest absolute Gasteiger partial charge is 0.318 e. The van der Waals surface area contributed by atoms with Crippen molar-refractivity contribution in [1.82, 2.24) is 15.7 Å². The Kier molecular flexibility index (Phi) is 9.27. The van der Waals surface area contributed by atoms with E-state index in [1.165, 1.54) is 0 Å². The highest BCUT2D eigenvalue weighted by Gasteiger charge is 2.24. The first kappa shape index (κ1) is 21.7. The first-order valence-corrected chi connectivity index (χ1v) is 9.94. The topological polar surface area (TPSA) is 111 Å². The maximum absolute atomic E-state index is 12.3. The van der Waals surface area contributed by atoms with Crippen LogP contribution >= 0.6 is 0 Å². The van der Waals surface area contributed by atoms with Gasteiger partial charge in [-0.25, -0.2) is 10.3 Å². The number of piperidine rings is 1. The van der Waals surface area contributed by atoms with Gasteiger partial charge in [0.2, 0.25) is 5.91 Å². The summed E-state index contributed by atoms with van der Waals surface area (Å²) in [6.07, 6.45) is 5.95. The molecular weight excluding hydrogens is 360 g/mol. The van der Waals surface area contributed by atoms with E-state index in [9.17, 15) is 14.4 Å². The van der Waals surface area contributed by atoms with Gasteiger partial charge in [0.15, 0.2) is 0 Å². The van der Waals surface area contributed by atoms with Crippen LogP contribution in [0.3, 0.4) is 0 Å². The highest BCUT2D eigenvalue weighted by molar-refractivity contribution is 5.90. The van der Waals surface area contributed by atoms with Gasteiger partial charge in [0.1, 0.15) is 6.04 Å². The molecular formula is C20H30N4O4. The van der Waals surface area contributed by atoms with Crippen molar-refractivity contribution >= 4 is 23.5 Å². The largest absolute Gasteiger partial charge is 0.326 e. The number of para-hydroxylation sites is 1. The molecule has 1 atom stereocenters. The van der Waals surface area contributed by atoms with E-state index in [1.54, 1.807) is 10.4 Å². The SMILES string of the molecule is O=C(CCCCCC(NC(=O)N1CCCCC1)C(=O)NO)Nc1ccccc1. The lowest BCUT2D eigenvalue weighted by Gasteiger charge is -2.28. The normalized spacial score (nSPS) is 14.8. The van der Waals surface area contributed by atoms with Crippen molar-refractivity contribution in [2.45, 2.75) is 57.4 Å². The van der Waals surface area contributed by atoms with Crippen LogP contribution < -0.4 is 16.1 Å². The summed E-state index contributed by atoms with van der Waals surface area (Å²) in [5.41, 5.74) is 2.39. The van der Waals surface area contributed by atoms with Crippen molar-refractivity contribution in [3.63, 3.8) is 0 Å². The number of hydrogen-bond donors (Lipinski definition) is 4. The molecule has 0 radical (unpaired) electrons. The molecule has 1 aromatic rings. The number of hydrogen-bond acceptors (Lipinski definition) is 4. The molecule has 154 valence electrons. The summed E-state index contributed by atoms with van der Waals surface area (Å²) >= 11 is 0. The minimum atomic E-state index is -0.780. The lowest BCUT2D eigenvalue weighted by molar-refractivity contribution is -0.131. The molecule has 1 aliphatic heterocycles. The molecule has 4 amide bonds. The summed E-state index contributed by atoms with van der Waals surface area (Å²) in [6.45, 7) is 1.38. The zero-order valence-corrected chi connectivity index (χ0v) is 16.2. The van der Waals surface area contributed by atoms with E-state index in [4.69, 9.17) is 5.21 Å². The molecule has 0 aliphatic carbocycles. The predicted octanol–water partition coefficient (Wildman–Crippen LogP) is 2.65. The van der Waals surface area contributed by atoms with Gasteiger partial charge in [-0.3, -0.25) is 14.8 Å². The molecule has 1 saturated heterocycles. The van der Waals surface area contributed by atoms with Crippen molar-refractivity contribution < 1.29 is 19.6 Å². The minimum absolute atomic E-state index is 0.0470. The summed E-state index contributed by atoms with van der Waals surface area (Å²) in [4.78, 5) is 37.7. The average Bonchev–Trinajstić information content (AvgIpc) is 2.73. The number of benzene rings is 1.